The molecule has 5 heteroatoms. The molecule has 0 aliphatic carbocycles. The zero-order chi connectivity index (χ0) is 12.8. The maximum Gasteiger partial charge on any atom is 0.293 e. The van der Waals surface area contributed by atoms with E-state index in [-0.39, 0.29) is 5.69 Å². The molecule has 0 aliphatic rings. The van der Waals surface area contributed by atoms with Gasteiger partial charge in [-0.1, -0.05) is 20.3 Å². The highest BCUT2D eigenvalue weighted by Crippen LogP contribution is 2.25. The second-order valence-corrected chi connectivity index (χ2v) is 4.00. The fourth-order valence-electron chi connectivity index (χ4n) is 1.33. The van der Waals surface area contributed by atoms with Crippen LogP contribution in [0.25, 0.3) is 0 Å². The van der Waals surface area contributed by atoms with E-state index in [1.165, 1.54) is 6.07 Å². The van der Waals surface area contributed by atoms with Crippen molar-refractivity contribution in [2.75, 3.05) is 11.9 Å². The van der Waals surface area contributed by atoms with Gasteiger partial charge in [-0.2, -0.15) is 5.26 Å². The van der Waals surface area contributed by atoms with Crippen molar-refractivity contribution in [3.05, 3.63) is 33.9 Å². The molecule has 1 N–H and O–H groups in total. The predicted octanol–water partition coefficient (Wildman–Crippen LogP) is 2.92. The molecule has 17 heavy (non-hydrogen) atoms. The maximum absolute atomic E-state index is 10.9. The van der Waals surface area contributed by atoms with Crippen molar-refractivity contribution in [2.45, 2.75) is 20.3 Å². The molecule has 0 aromatic heterocycles. The Morgan fingerprint density at radius 2 is 2.29 bits per heavy atom. The highest BCUT2D eigenvalue weighted by molar-refractivity contribution is 5.64. The van der Waals surface area contributed by atoms with Crippen molar-refractivity contribution < 1.29 is 4.92 Å². The number of hydrogen-bond donors (Lipinski definition) is 1. The van der Waals surface area contributed by atoms with Crippen LogP contribution >= 0.6 is 0 Å². The van der Waals surface area contributed by atoms with E-state index in [1.807, 2.05) is 6.07 Å². The molecule has 0 aliphatic heterocycles. The van der Waals surface area contributed by atoms with Crippen LogP contribution in [0.3, 0.4) is 0 Å². The van der Waals surface area contributed by atoms with Gasteiger partial charge in [0.25, 0.3) is 5.69 Å². The van der Waals surface area contributed by atoms with Gasteiger partial charge in [0.2, 0.25) is 0 Å². The Morgan fingerprint density at radius 3 is 2.82 bits per heavy atom. The Bertz CT molecular complexity index is 452. The molecule has 0 saturated heterocycles. The van der Waals surface area contributed by atoms with Gasteiger partial charge in [0.05, 0.1) is 16.6 Å². The summed E-state index contributed by atoms with van der Waals surface area (Å²) in [5.41, 5.74) is 0.715. The fourth-order valence-corrected chi connectivity index (χ4v) is 1.33. The molecule has 5 nitrogen and oxygen atoms in total. The smallest absolute Gasteiger partial charge is 0.293 e. The predicted molar refractivity (Wildman–Crippen MR) is 65.8 cm³/mol. The number of nitrogens with zero attached hydrogens (tertiary/aromatic N) is 2. The Morgan fingerprint density at radius 1 is 1.59 bits per heavy atom. The lowest BCUT2D eigenvalue weighted by atomic mass is 10.1. The van der Waals surface area contributed by atoms with E-state index in [4.69, 9.17) is 5.26 Å². The molecule has 1 aromatic rings. The van der Waals surface area contributed by atoms with Gasteiger partial charge >= 0.3 is 0 Å². The zero-order valence-electron chi connectivity index (χ0n) is 9.93. The molecule has 0 amide bonds. The first-order valence-electron chi connectivity index (χ1n) is 5.50. The van der Waals surface area contributed by atoms with Crippen LogP contribution in [-0.2, 0) is 0 Å². The van der Waals surface area contributed by atoms with Crippen LogP contribution in [0.1, 0.15) is 25.8 Å². The molecule has 0 spiro atoms. The second-order valence-electron chi connectivity index (χ2n) is 4.00. The minimum absolute atomic E-state index is 0.0487. The van der Waals surface area contributed by atoms with Gasteiger partial charge in [0.15, 0.2) is 0 Å². The Labute approximate surface area is 100 Å². The highest BCUT2D eigenvalue weighted by Gasteiger charge is 2.14. The summed E-state index contributed by atoms with van der Waals surface area (Å²) in [6, 6.07) is 6.34. The standard InChI is InChI=1S/C12H15N3O2/c1-3-9(2)8-14-11-5-4-10(7-13)6-12(11)15(16)17/h4-6,9,14H,3,8H2,1-2H3. The summed E-state index contributed by atoms with van der Waals surface area (Å²) >= 11 is 0. The first-order valence-corrected chi connectivity index (χ1v) is 5.50. The minimum atomic E-state index is -0.472. The molecule has 0 radical (unpaired) electrons. The lowest BCUT2D eigenvalue weighted by molar-refractivity contribution is -0.384. The fraction of sp³-hybridized carbons (Fsp3) is 0.417. The molecule has 1 unspecified atom stereocenters. The third kappa shape index (κ3) is 3.45. The van der Waals surface area contributed by atoms with E-state index >= 15 is 0 Å². The average molecular weight is 233 g/mol. The summed E-state index contributed by atoms with van der Waals surface area (Å²) in [7, 11) is 0. The summed E-state index contributed by atoms with van der Waals surface area (Å²) in [6.07, 6.45) is 1.01. The van der Waals surface area contributed by atoms with Crippen LogP contribution in [-0.4, -0.2) is 11.5 Å². The van der Waals surface area contributed by atoms with E-state index < -0.39 is 4.92 Å². The molecule has 0 fully saturated rings. The van der Waals surface area contributed by atoms with Crippen molar-refractivity contribution >= 4 is 11.4 Å². The number of nitrogens with one attached hydrogen (secondary N) is 1. The molecule has 1 atom stereocenters. The van der Waals surface area contributed by atoms with Gasteiger partial charge in [0.1, 0.15) is 5.69 Å². The molecule has 0 saturated carbocycles. The molecule has 90 valence electrons. The minimum Gasteiger partial charge on any atom is -0.379 e. The van der Waals surface area contributed by atoms with E-state index in [2.05, 4.69) is 19.2 Å². The molecule has 0 bridgehead atoms. The van der Waals surface area contributed by atoms with Crippen LogP contribution in [0.5, 0.6) is 0 Å². The highest BCUT2D eigenvalue weighted by atomic mass is 16.6. The van der Waals surface area contributed by atoms with Crippen LogP contribution in [0.15, 0.2) is 18.2 Å². The van der Waals surface area contributed by atoms with E-state index in [9.17, 15) is 10.1 Å². The number of nitro benzene ring substituents is 1. The van der Waals surface area contributed by atoms with Crippen LogP contribution < -0.4 is 5.32 Å². The van der Waals surface area contributed by atoms with Crippen molar-refractivity contribution in [1.82, 2.24) is 0 Å². The van der Waals surface area contributed by atoms with Crippen LogP contribution in [0.4, 0.5) is 11.4 Å². The first kappa shape index (κ1) is 13.0. The molecular weight excluding hydrogens is 218 g/mol. The lowest BCUT2D eigenvalue weighted by Crippen LogP contribution is -2.11. The molecule has 0 heterocycles. The van der Waals surface area contributed by atoms with Gasteiger partial charge in [-0.25, -0.2) is 0 Å². The lowest BCUT2D eigenvalue weighted by Gasteiger charge is -2.11. The number of rotatable bonds is 5. The van der Waals surface area contributed by atoms with Gasteiger partial charge in [-0.15, -0.1) is 0 Å². The largest absolute Gasteiger partial charge is 0.379 e. The first-order chi connectivity index (χ1) is 8.08. The third-order valence-electron chi connectivity index (χ3n) is 2.66. The topological polar surface area (TPSA) is 79.0 Å². The van der Waals surface area contributed by atoms with Gasteiger partial charge in [-0.05, 0) is 18.1 Å². The maximum atomic E-state index is 10.9. The number of benzene rings is 1. The van der Waals surface area contributed by atoms with Gasteiger partial charge in [0, 0.05) is 12.6 Å². The number of nitro groups is 1. The van der Waals surface area contributed by atoms with Gasteiger partial charge < -0.3 is 5.32 Å². The van der Waals surface area contributed by atoms with Crippen molar-refractivity contribution in [1.29, 1.82) is 5.26 Å². The zero-order valence-corrected chi connectivity index (χ0v) is 9.93. The van der Waals surface area contributed by atoms with Gasteiger partial charge in [-0.3, -0.25) is 10.1 Å². The second kappa shape index (κ2) is 5.85. The van der Waals surface area contributed by atoms with E-state index in [1.54, 1.807) is 12.1 Å². The quantitative estimate of drug-likeness (QED) is 0.626. The summed E-state index contributed by atoms with van der Waals surface area (Å²) in [5.74, 6) is 0.449. The number of anilines is 1. The number of hydrogen-bond acceptors (Lipinski definition) is 4. The average Bonchev–Trinajstić information content (AvgIpc) is 2.35. The van der Waals surface area contributed by atoms with E-state index in [0.29, 0.717) is 23.7 Å². The number of nitriles is 1. The van der Waals surface area contributed by atoms with Crippen molar-refractivity contribution in [2.24, 2.45) is 5.92 Å². The normalized spacial score (nSPS) is 11.6. The Balaban J connectivity index is 2.92. The Hall–Kier alpha value is -2.09. The monoisotopic (exact) mass is 233 g/mol. The molecule has 1 aromatic carbocycles. The van der Waals surface area contributed by atoms with E-state index in [0.717, 1.165) is 6.42 Å². The molecular formula is C12H15N3O2. The van der Waals surface area contributed by atoms with Crippen molar-refractivity contribution in [3.8, 4) is 6.07 Å². The summed E-state index contributed by atoms with van der Waals surface area (Å²) in [6.45, 7) is 4.82. The summed E-state index contributed by atoms with van der Waals surface area (Å²) < 4.78 is 0. The van der Waals surface area contributed by atoms with Crippen LogP contribution in [0.2, 0.25) is 0 Å². The van der Waals surface area contributed by atoms with Crippen LogP contribution in [0, 0.1) is 27.4 Å². The Kier molecular flexibility index (Phi) is 4.46. The third-order valence-corrected chi connectivity index (χ3v) is 2.66. The summed E-state index contributed by atoms with van der Waals surface area (Å²) in [4.78, 5) is 10.4. The molecule has 1 rings (SSSR count). The van der Waals surface area contributed by atoms with Crippen molar-refractivity contribution in [3.63, 3.8) is 0 Å². The summed E-state index contributed by atoms with van der Waals surface area (Å²) in [5, 5.41) is 22.6. The SMILES string of the molecule is CCC(C)CNc1ccc(C#N)cc1[N+](=O)[O-].